The topological polar surface area (TPSA) is 79.2 Å². The van der Waals surface area contributed by atoms with Gasteiger partial charge in [-0.3, -0.25) is 9.89 Å². The van der Waals surface area contributed by atoms with Crippen molar-refractivity contribution in [2.24, 2.45) is 0 Å². The molecule has 1 amide bonds. The minimum absolute atomic E-state index is 0.0237. The van der Waals surface area contributed by atoms with Crippen LogP contribution in [0.2, 0.25) is 0 Å². The number of hydrogen-bond donors (Lipinski definition) is 1. The Hall–Kier alpha value is -2.70. The van der Waals surface area contributed by atoms with Crippen molar-refractivity contribution in [2.75, 3.05) is 13.1 Å². The van der Waals surface area contributed by atoms with E-state index in [1.165, 1.54) is 0 Å². The number of fused-ring (bicyclic) bond motifs is 1. The van der Waals surface area contributed by atoms with Crippen LogP contribution in [0.1, 0.15) is 51.9 Å². The molecule has 3 aromatic rings. The van der Waals surface area contributed by atoms with E-state index in [1.807, 2.05) is 31.0 Å². The second-order valence-electron chi connectivity index (χ2n) is 6.90. The lowest BCUT2D eigenvalue weighted by molar-refractivity contribution is 0.0699. The number of rotatable bonds is 2. The van der Waals surface area contributed by atoms with Crippen LogP contribution in [0, 0.1) is 20.8 Å². The third-order valence-electron chi connectivity index (χ3n) is 4.94. The summed E-state index contributed by atoms with van der Waals surface area (Å²) in [5.41, 5.74) is 5.38. The average Bonchev–Trinajstić information content (AvgIpc) is 3.20. The molecule has 1 aliphatic heterocycles. The van der Waals surface area contributed by atoms with Crippen molar-refractivity contribution in [1.29, 1.82) is 0 Å². The summed E-state index contributed by atoms with van der Waals surface area (Å²) in [5.74, 6) is 0.281. The van der Waals surface area contributed by atoms with Crippen LogP contribution in [-0.4, -0.2) is 48.7 Å². The first kappa shape index (κ1) is 15.8. The van der Waals surface area contributed by atoms with Gasteiger partial charge in [-0.25, -0.2) is 9.50 Å². The predicted molar refractivity (Wildman–Crippen MR) is 93.7 cm³/mol. The van der Waals surface area contributed by atoms with E-state index in [1.54, 1.807) is 10.6 Å². The maximum absolute atomic E-state index is 13.0. The lowest BCUT2D eigenvalue weighted by Gasteiger charge is -2.32. The summed E-state index contributed by atoms with van der Waals surface area (Å²) in [6.07, 6.45) is 3.89. The lowest BCUT2D eigenvalue weighted by Crippen LogP contribution is -2.39. The van der Waals surface area contributed by atoms with Gasteiger partial charge in [-0.2, -0.15) is 10.2 Å². The summed E-state index contributed by atoms with van der Waals surface area (Å²) in [6, 6.07) is 3.75. The van der Waals surface area contributed by atoms with E-state index >= 15 is 0 Å². The van der Waals surface area contributed by atoms with E-state index in [9.17, 15) is 4.79 Å². The minimum atomic E-state index is -0.0237. The van der Waals surface area contributed by atoms with Gasteiger partial charge in [0.1, 0.15) is 0 Å². The first-order valence-corrected chi connectivity index (χ1v) is 8.66. The van der Waals surface area contributed by atoms with Gasteiger partial charge in [0.25, 0.3) is 5.91 Å². The van der Waals surface area contributed by atoms with E-state index in [-0.39, 0.29) is 5.91 Å². The smallest absolute Gasteiger partial charge is 0.274 e. The molecule has 0 saturated carbocycles. The molecular formula is C18H22N6O. The molecule has 1 fully saturated rings. The largest absolute Gasteiger partial charge is 0.337 e. The molecule has 0 bridgehead atoms. The Morgan fingerprint density at radius 2 is 2.12 bits per heavy atom. The van der Waals surface area contributed by atoms with Crippen molar-refractivity contribution in [2.45, 2.75) is 39.5 Å². The summed E-state index contributed by atoms with van der Waals surface area (Å²) < 4.78 is 1.74. The number of aryl methyl sites for hydroxylation is 3. The van der Waals surface area contributed by atoms with Crippen molar-refractivity contribution in [3.63, 3.8) is 0 Å². The zero-order chi connectivity index (χ0) is 17.6. The molecule has 25 heavy (non-hydrogen) atoms. The molecule has 4 rings (SSSR count). The van der Waals surface area contributed by atoms with Crippen LogP contribution < -0.4 is 0 Å². The van der Waals surface area contributed by atoms with Gasteiger partial charge in [0.05, 0.1) is 6.20 Å². The Morgan fingerprint density at radius 1 is 1.28 bits per heavy atom. The predicted octanol–water partition coefficient (Wildman–Crippen LogP) is 2.40. The second kappa shape index (κ2) is 5.98. The molecule has 0 aliphatic carbocycles. The molecule has 130 valence electrons. The summed E-state index contributed by atoms with van der Waals surface area (Å²) in [5, 5.41) is 11.7. The molecular weight excluding hydrogens is 316 g/mol. The van der Waals surface area contributed by atoms with Gasteiger partial charge in [0.15, 0.2) is 11.3 Å². The summed E-state index contributed by atoms with van der Waals surface area (Å²) in [7, 11) is 0. The highest BCUT2D eigenvalue weighted by atomic mass is 16.2. The Labute approximate surface area is 146 Å². The SMILES string of the molecule is Cc1cc(C)n2nc(C(=O)N3CCC[C@@H](c4[nH]ncc4C)C3)cc2n1. The van der Waals surface area contributed by atoms with Gasteiger partial charge in [0, 0.05) is 42.2 Å². The standard InChI is InChI=1S/C18H22N6O/c1-11-9-19-21-17(11)14-5-4-6-23(10-14)18(25)15-8-16-20-12(2)7-13(3)24(16)22-15/h7-9,14H,4-6,10H2,1-3H3,(H,19,21)/t14-/m1/s1. The average molecular weight is 338 g/mol. The molecule has 3 aromatic heterocycles. The zero-order valence-electron chi connectivity index (χ0n) is 14.8. The molecule has 0 unspecified atom stereocenters. The molecule has 0 radical (unpaired) electrons. The van der Waals surface area contributed by atoms with E-state index < -0.39 is 0 Å². The van der Waals surface area contributed by atoms with Crippen LogP contribution in [0.15, 0.2) is 18.3 Å². The quantitative estimate of drug-likeness (QED) is 0.778. The minimum Gasteiger partial charge on any atom is -0.337 e. The molecule has 0 aromatic carbocycles. The van der Waals surface area contributed by atoms with E-state index in [0.29, 0.717) is 18.2 Å². The Bertz CT molecular complexity index is 940. The number of H-pyrrole nitrogens is 1. The van der Waals surface area contributed by atoms with Crippen molar-refractivity contribution in [3.8, 4) is 0 Å². The number of carbonyl (C=O) groups is 1. The van der Waals surface area contributed by atoms with Crippen LogP contribution in [0.4, 0.5) is 0 Å². The molecule has 0 spiro atoms. The maximum atomic E-state index is 13.0. The highest BCUT2D eigenvalue weighted by molar-refractivity contribution is 5.93. The molecule has 7 heteroatoms. The molecule has 7 nitrogen and oxygen atoms in total. The number of nitrogens with one attached hydrogen (secondary N) is 1. The number of carbonyl (C=O) groups excluding carboxylic acids is 1. The van der Waals surface area contributed by atoms with Crippen LogP contribution >= 0.6 is 0 Å². The monoisotopic (exact) mass is 338 g/mol. The van der Waals surface area contributed by atoms with E-state index in [2.05, 4.69) is 27.2 Å². The third-order valence-corrected chi connectivity index (χ3v) is 4.94. The number of aromatic amines is 1. The van der Waals surface area contributed by atoms with Crippen molar-refractivity contribution in [1.82, 2.24) is 29.7 Å². The van der Waals surface area contributed by atoms with E-state index in [4.69, 9.17) is 0 Å². The number of hydrogen-bond acceptors (Lipinski definition) is 4. The zero-order valence-corrected chi connectivity index (χ0v) is 14.8. The summed E-state index contributed by atoms with van der Waals surface area (Å²) in [4.78, 5) is 19.3. The molecule has 1 saturated heterocycles. The number of amides is 1. The van der Waals surface area contributed by atoms with Crippen LogP contribution in [-0.2, 0) is 0 Å². The van der Waals surface area contributed by atoms with Gasteiger partial charge >= 0.3 is 0 Å². The fourth-order valence-corrected chi connectivity index (χ4v) is 3.72. The van der Waals surface area contributed by atoms with Gasteiger partial charge < -0.3 is 4.90 Å². The Morgan fingerprint density at radius 3 is 2.88 bits per heavy atom. The number of aromatic nitrogens is 5. The van der Waals surface area contributed by atoms with Crippen molar-refractivity contribution >= 4 is 11.6 Å². The normalized spacial score (nSPS) is 18.0. The van der Waals surface area contributed by atoms with Crippen LogP contribution in [0.5, 0.6) is 0 Å². The van der Waals surface area contributed by atoms with Crippen molar-refractivity contribution < 1.29 is 4.79 Å². The third kappa shape index (κ3) is 2.79. The van der Waals surface area contributed by atoms with Crippen LogP contribution in [0.25, 0.3) is 5.65 Å². The van der Waals surface area contributed by atoms with Crippen molar-refractivity contribution in [3.05, 3.63) is 46.7 Å². The Kier molecular flexibility index (Phi) is 3.78. The first-order valence-electron chi connectivity index (χ1n) is 8.66. The fourth-order valence-electron chi connectivity index (χ4n) is 3.72. The molecule has 1 aliphatic rings. The van der Waals surface area contributed by atoms with Crippen LogP contribution in [0.3, 0.4) is 0 Å². The number of piperidine rings is 1. The number of likely N-dealkylation sites (tertiary alicyclic amines) is 1. The lowest BCUT2D eigenvalue weighted by atomic mass is 9.93. The summed E-state index contributed by atoms with van der Waals surface area (Å²) in [6.45, 7) is 7.44. The summed E-state index contributed by atoms with van der Waals surface area (Å²) >= 11 is 0. The molecule has 1 atom stereocenters. The second-order valence-corrected chi connectivity index (χ2v) is 6.90. The maximum Gasteiger partial charge on any atom is 0.274 e. The number of nitrogens with zero attached hydrogens (tertiary/aromatic N) is 5. The van der Waals surface area contributed by atoms with Gasteiger partial charge in [-0.15, -0.1) is 0 Å². The van der Waals surface area contributed by atoms with E-state index in [0.717, 1.165) is 47.7 Å². The highest BCUT2D eigenvalue weighted by Gasteiger charge is 2.28. The van der Waals surface area contributed by atoms with Gasteiger partial charge in [0.2, 0.25) is 0 Å². The Balaban J connectivity index is 1.60. The molecule has 1 N–H and O–H groups in total. The van der Waals surface area contributed by atoms with Gasteiger partial charge in [-0.1, -0.05) is 0 Å². The highest BCUT2D eigenvalue weighted by Crippen LogP contribution is 2.28. The molecule has 4 heterocycles. The first-order chi connectivity index (χ1) is 12.0. The van der Waals surface area contributed by atoms with Gasteiger partial charge in [-0.05, 0) is 45.2 Å². The fraction of sp³-hybridized carbons (Fsp3) is 0.444.